The molecule has 3 N–H and O–H groups in total. The van der Waals surface area contributed by atoms with Gasteiger partial charge in [0.05, 0.1) is 42.0 Å². The van der Waals surface area contributed by atoms with Crippen LogP contribution in [0.15, 0.2) is 59.5 Å². The van der Waals surface area contributed by atoms with Crippen molar-refractivity contribution in [1.29, 1.82) is 0 Å². The van der Waals surface area contributed by atoms with Crippen molar-refractivity contribution in [2.24, 2.45) is 0 Å². The molecule has 0 aliphatic carbocycles. The van der Waals surface area contributed by atoms with Gasteiger partial charge in [-0.3, -0.25) is 0 Å². The van der Waals surface area contributed by atoms with Gasteiger partial charge in [0.2, 0.25) is 0 Å². The first kappa shape index (κ1) is 31.2. The van der Waals surface area contributed by atoms with Crippen LogP contribution in [0.3, 0.4) is 0 Å². The summed E-state index contributed by atoms with van der Waals surface area (Å²) in [6, 6.07) is 11.4. The minimum absolute atomic E-state index is 0.0174. The predicted octanol–water partition coefficient (Wildman–Crippen LogP) is 4.21. The third kappa shape index (κ3) is 6.50. The Morgan fingerprint density at radius 1 is 1.12 bits per heavy atom. The average molecular weight is 608 g/mol. The third-order valence-corrected chi connectivity index (χ3v) is 9.43. The molecule has 226 valence electrons. The van der Waals surface area contributed by atoms with Crippen LogP contribution in [0.25, 0.3) is 11.4 Å². The minimum atomic E-state index is -4.88. The zero-order valence-corrected chi connectivity index (χ0v) is 24.1. The number of urea groups is 1. The molecule has 4 rings (SSSR count). The van der Waals surface area contributed by atoms with E-state index in [1.54, 1.807) is 24.3 Å². The second-order valence-corrected chi connectivity index (χ2v) is 12.7. The first-order valence-corrected chi connectivity index (χ1v) is 14.6. The van der Waals surface area contributed by atoms with Gasteiger partial charge in [-0.2, -0.15) is 13.2 Å². The lowest BCUT2D eigenvalue weighted by atomic mass is 10.1. The number of hydrogen-bond donors (Lipinski definition) is 3. The van der Waals surface area contributed by atoms with Gasteiger partial charge in [-0.25, -0.2) is 23.2 Å². The van der Waals surface area contributed by atoms with Crippen molar-refractivity contribution in [2.45, 2.75) is 42.6 Å². The number of sulfone groups is 1. The fraction of sp³-hybridized carbons (Fsp3) is 0.393. The summed E-state index contributed by atoms with van der Waals surface area (Å²) in [6.45, 7) is 5.74. The van der Waals surface area contributed by atoms with E-state index in [4.69, 9.17) is 14.8 Å². The summed E-state index contributed by atoms with van der Waals surface area (Å²) in [5.41, 5.74) is -0.299. The van der Waals surface area contributed by atoms with Crippen LogP contribution in [0.1, 0.15) is 32.0 Å². The Morgan fingerprint density at radius 2 is 1.81 bits per heavy atom. The van der Waals surface area contributed by atoms with E-state index in [9.17, 15) is 26.4 Å². The number of aromatic nitrogens is 2. The fourth-order valence-electron chi connectivity index (χ4n) is 4.48. The number of hydrogen-bond acceptors (Lipinski definition) is 8. The summed E-state index contributed by atoms with van der Waals surface area (Å²) in [4.78, 5) is 22.3. The van der Waals surface area contributed by atoms with Crippen LogP contribution in [0.4, 0.5) is 29.5 Å². The Hall–Kier alpha value is -3.75. The number of amides is 2. The number of nitrogens with one attached hydrogen (secondary N) is 2. The number of rotatable bonds is 8. The van der Waals surface area contributed by atoms with Gasteiger partial charge in [0.25, 0.3) is 0 Å². The maximum absolute atomic E-state index is 13.9. The van der Waals surface area contributed by atoms with Crippen LogP contribution < -0.4 is 15.5 Å². The van der Waals surface area contributed by atoms with E-state index in [0.717, 1.165) is 18.2 Å². The molecule has 10 nitrogen and oxygen atoms in total. The first-order chi connectivity index (χ1) is 19.8. The lowest BCUT2D eigenvalue weighted by Crippen LogP contribution is -2.44. The highest BCUT2D eigenvalue weighted by atomic mass is 32.2. The molecule has 1 fully saturated rings. The molecule has 0 spiro atoms. The van der Waals surface area contributed by atoms with E-state index < -0.39 is 37.3 Å². The predicted molar refractivity (Wildman–Crippen MR) is 151 cm³/mol. The highest BCUT2D eigenvalue weighted by Gasteiger charge is 2.45. The lowest BCUT2D eigenvalue weighted by molar-refractivity contribution is -0.139. The van der Waals surface area contributed by atoms with Crippen LogP contribution in [0, 0.1) is 0 Å². The molecule has 42 heavy (non-hydrogen) atoms. The smallest absolute Gasteiger partial charge is 0.395 e. The van der Waals surface area contributed by atoms with Crippen LogP contribution in [-0.2, 0) is 25.5 Å². The van der Waals surface area contributed by atoms with Crippen molar-refractivity contribution in [3.05, 3.63) is 65.9 Å². The van der Waals surface area contributed by atoms with Gasteiger partial charge >= 0.3 is 12.2 Å². The van der Waals surface area contributed by atoms with Gasteiger partial charge in [0.15, 0.2) is 15.7 Å². The van der Waals surface area contributed by atoms with Crippen molar-refractivity contribution >= 4 is 27.4 Å². The van der Waals surface area contributed by atoms with Gasteiger partial charge in [-0.1, -0.05) is 12.1 Å². The number of morpholine rings is 1. The van der Waals surface area contributed by atoms with Gasteiger partial charge in [0, 0.05) is 30.4 Å². The summed E-state index contributed by atoms with van der Waals surface area (Å²) >= 11 is 0. The summed E-state index contributed by atoms with van der Waals surface area (Å²) in [6.07, 6.45) is -4.88. The molecule has 2 amide bonds. The molecule has 0 radical (unpaired) electrons. The molecular weight excluding hydrogens is 575 g/mol. The van der Waals surface area contributed by atoms with E-state index in [0.29, 0.717) is 36.8 Å². The largest absolute Gasteiger partial charge is 0.417 e. The number of aliphatic hydroxyl groups is 1. The van der Waals surface area contributed by atoms with Crippen LogP contribution >= 0.6 is 0 Å². The number of aliphatic hydroxyl groups excluding tert-OH is 1. The molecule has 0 saturated carbocycles. The Morgan fingerprint density at radius 3 is 2.45 bits per heavy atom. The third-order valence-electron chi connectivity index (χ3n) is 6.94. The molecule has 0 unspecified atom stereocenters. The van der Waals surface area contributed by atoms with Crippen LogP contribution in [0.5, 0.6) is 0 Å². The van der Waals surface area contributed by atoms with Crippen LogP contribution in [-0.4, -0.2) is 68.5 Å². The molecule has 14 heteroatoms. The maximum atomic E-state index is 13.9. The molecule has 3 aromatic rings. The number of carbonyl (C=O) groups is 1. The number of carbonyl (C=O) groups excluding carboxylic acids is 1. The van der Waals surface area contributed by atoms with Gasteiger partial charge in [-0.05, 0) is 57.2 Å². The molecule has 2 aromatic carbocycles. The topological polar surface area (TPSA) is 134 Å². The quantitative estimate of drug-likeness (QED) is 0.347. The molecule has 1 saturated heterocycles. The van der Waals surface area contributed by atoms with Gasteiger partial charge < -0.3 is 25.4 Å². The number of anilines is 2. The number of halogens is 3. The first-order valence-electron chi connectivity index (χ1n) is 13.2. The second kappa shape index (κ2) is 12.2. The summed E-state index contributed by atoms with van der Waals surface area (Å²) < 4.78 is 72.9. The van der Waals surface area contributed by atoms with E-state index >= 15 is 0 Å². The molecule has 1 aromatic heterocycles. The normalized spacial score (nSPS) is 16.3. The molecule has 1 aliphatic rings. The van der Waals surface area contributed by atoms with E-state index in [1.807, 2.05) is 11.8 Å². The fourth-order valence-corrected chi connectivity index (χ4v) is 6.14. The summed E-state index contributed by atoms with van der Waals surface area (Å²) in [5.74, 6) is 0.564. The van der Waals surface area contributed by atoms with Crippen molar-refractivity contribution in [2.75, 3.05) is 43.1 Å². The van der Waals surface area contributed by atoms with Crippen molar-refractivity contribution in [1.82, 2.24) is 15.3 Å². The lowest BCUT2D eigenvalue weighted by Gasteiger charge is -2.35. The monoisotopic (exact) mass is 607 g/mol. The van der Waals surface area contributed by atoms with Crippen molar-refractivity contribution in [3.63, 3.8) is 0 Å². The SMILES string of the molecule is C[C@H]1COCCN1c1cc(C(C)(C)S(=O)(=O)c2ccccc2C(F)(F)F)nc(-c2ccc(NC(=O)NCCO)cc2)n1. The van der Waals surface area contributed by atoms with Gasteiger partial charge in [0.1, 0.15) is 10.6 Å². The average Bonchev–Trinajstić information content (AvgIpc) is 2.96. The summed E-state index contributed by atoms with van der Waals surface area (Å²) in [5, 5.41) is 14.0. The standard InChI is InChI=1S/C28H32F3N5O5S/c1-18-17-41-15-13-36(18)24-16-23(27(2,3)42(39,40)22-7-5-4-6-21(22)28(29,30)31)34-25(35-24)19-8-10-20(11-9-19)33-26(38)32-12-14-37/h4-11,16,18,37H,12-15,17H2,1-3H3,(H2,32,33,38)/t18-/m0/s1. The number of ether oxygens (including phenoxy) is 1. The zero-order valence-electron chi connectivity index (χ0n) is 23.3. The van der Waals surface area contributed by atoms with E-state index in [2.05, 4.69) is 15.6 Å². The van der Waals surface area contributed by atoms with Crippen molar-refractivity contribution < 1.29 is 36.2 Å². The Labute approximate surface area is 241 Å². The zero-order chi connectivity index (χ0) is 30.7. The van der Waals surface area contributed by atoms with Gasteiger partial charge in [-0.15, -0.1) is 0 Å². The van der Waals surface area contributed by atoms with Crippen LogP contribution in [0.2, 0.25) is 0 Å². The summed E-state index contributed by atoms with van der Waals surface area (Å²) in [7, 11) is -4.62. The maximum Gasteiger partial charge on any atom is 0.417 e. The Kier molecular flexibility index (Phi) is 9.09. The van der Waals surface area contributed by atoms with E-state index in [1.165, 1.54) is 26.0 Å². The minimum Gasteiger partial charge on any atom is -0.395 e. The molecule has 2 heterocycles. The highest BCUT2D eigenvalue weighted by molar-refractivity contribution is 7.92. The number of nitrogens with zero attached hydrogens (tertiary/aromatic N) is 3. The molecule has 0 bridgehead atoms. The molecular formula is C28H32F3N5O5S. The number of alkyl halides is 3. The Bertz CT molecular complexity index is 1530. The highest BCUT2D eigenvalue weighted by Crippen LogP contribution is 2.41. The second-order valence-electron chi connectivity index (χ2n) is 10.2. The molecule has 1 aliphatic heterocycles. The number of benzene rings is 2. The van der Waals surface area contributed by atoms with E-state index in [-0.39, 0.29) is 30.7 Å². The Balaban J connectivity index is 1.80. The molecule has 1 atom stereocenters. The van der Waals surface area contributed by atoms with Crippen molar-refractivity contribution in [3.8, 4) is 11.4 Å².